The number of rotatable bonds is 15. The lowest BCUT2D eigenvalue weighted by atomic mass is 9.80. The Morgan fingerprint density at radius 1 is 1.16 bits per heavy atom. The van der Waals surface area contributed by atoms with Crippen LogP contribution in [0.1, 0.15) is 105 Å². The molecule has 1 saturated heterocycles. The molecule has 7 atom stereocenters. The lowest BCUT2D eigenvalue weighted by Crippen LogP contribution is -2.59. The Hall–Kier alpha value is -3.59. The zero-order valence-corrected chi connectivity index (χ0v) is 30.5. The molecule has 14 heteroatoms. The van der Waals surface area contributed by atoms with E-state index >= 15 is 0 Å². The number of carboxylic acid groups (broad SMARTS) is 1. The van der Waals surface area contributed by atoms with Crippen molar-refractivity contribution in [2.45, 2.75) is 109 Å². The van der Waals surface area contributed by atoms with Gasteiger partial charge in [-0.25, -0.2) is 4.98 Å². The van der Waals surface area contributed by atoms with Crippen molar-refractivity contribution in [3.8, 4) is 5.75 Å². The summed E-state index contributed by atoms with van der Waals surface area (Å²) in [4.78, 5) is 60.9. The zero-order chi connectivity index (χ0) is 36.7. The number of piperidine rings is 1. The van der Waals surface area contributed by atoms with Gasteiger partial charge in [0.2, 0.25) is 11.8 Å². The Balaban J connectivity index is 1.46. The standard InChI is InChI=1S/C36H53N5O8S/c1-6-21(4)31(39-33(46)28-9-7-8-12-40(28)5)35(47)41(13-14-42)29(20(2)3)18-30(44)34-38-27(19-50-34)32(45)37-23-15-22-10-11-24(43)17-25(22)26(16-23)36(48)49/h10-11,17,19-21,23,26,28-31,42-44H,6-9,12-16,18H2,1-5H3,(H,37,45)(H,39,46)(H,48,49). The van der Waals surface area contributed by atoms with Gasteiger partial charge in [-0.3, -0.25) is 24.1 Å². The molecular weight excluding hydrogens is 662 g/mol. The Morgan fingerprint density at radius 2 is 1.90 bits per heavy atom. The topological polar surface area (TPSA) is 193 Å². The molecule has 2 aromatic rings. The summed E-state index contributed by atoms with van der Waals surface area (Å²) < 4.78 is 0. The largest absolute Gasteiger partial charge is 0.508 e. The van der Waals surface area contributed by atoms with Crippen molar-refractivity contribution >= 4 is 35.0 Å². The number of likely N-dealkylation sites (N-methyl/N-ethyl adjacent to an activating group) is 1. The monoisotopic (exact) mass is 715 g/mol. The zero-order valence-electron chi connectivity index (χ0n) is 29.7. The molecule has 50 heavy (non-hydrogen) atoms. The van der Waals surface area contributed by atoms with E-state index in [0.29, 0.717) is 18.4 Å². The number of carbonyl (C=O) groups excluding carboxylic acids is 3. The predicted molar refractivity (Wildman–Crippen MR) is 189 cm³/mol. The number of phenolic OH excluding ortho intramolecular Hbond substituents is 1. The molecule has 1 aromatic carbocycles. The first-order valence-electron chi connectivity index (χ1n) is 17.7. The number of nitrogens with one attached hydrogen (secondary N) is 2. The summed E-state index contributed by atoms with van der Waals surface area (Å²) in [6.07, 6.45) is 2.86. The van der Waals surface area contributed by atoms with Crippen LogP contribution in [0.2, 0.25) is 0 Å². The molecule has 1 fully saturated rings. The number of aliphatic hydroxyl groups is 2. The first-order chi connectivity index (χ1) is 23.7. The van der Waals surface area contributed by atoms with E-state index in [1.165, 1.54) is 17.5 Å². The minimum absolute atomic E-state index is 0.0144. The quantitative estimate of drug-likeness (QED) is 0.160. The molecule has 6 N–H and O–H groups in total. The molecule has 0 saturated carbocycles. The van der Waals surface area contributed by atoms with E-state index in [2.05, 4.69) is 15.6 Å². The third-order valence-electron chi connectivity index (χ3n) is 10.3. The summed E-state index contributed by atoms with van der Waals surface area (Å²) in [5.74, 6) is -3.23. The third-order valence-corrected chi connectivity index (χ3v) is 11.2. The van der Waals surface area contributed by atoms with Gasteiger partial charge in [0.1, 0.15) is 28.6 Å². The van der Waals surface area contributed by atoms with Crippen molar-refractivity contribution < 1.29 is 39.6 Å². The summed E-state index contributed by atoms with van der Waals surface area (Å²) in [6.45, 7) is 8.28. The fourth-order valence-electron chi connectivity index (χ4n) is 7.15. The highest BCUT2D eigenvalue weighted by molar-refractivity contribution is 7.09. The number of thiazole rings is 1. The second kappa shape index (κ2) is 17.6. The molecule has 4 rings (SSSR count). The Kier molecular flexibility index (Phi) is 13.8. The maximum Gasteiger partial charge on any atom is 0.311 e. The average molecular weight is 716 g/mol. The summed E-state index contributed by atoms with van der Waals surface area (Å²) in [6, 6.07) is 2.51. The van der Waals surface area contributed by atoms with Gasteiger partial charge in [0.15, 0.2) is 0 Å². The molecule has 0 radical (unpaired) electrons. The number of aromatic nitrogens is 1. The minimum atomic E-state index is -1.12. The van der Waals surface area contributed by atoms with Crippen molar-refractivity contribution in [1.29, 1.82) is 0 Å². The molecular formula is C36H53N5O8S. The van der Waals surface area contributed by atoms with E-state index in [-0.39, 0.29) is 72.1 Å². The van der Waals surface area contributed by atoms with Crippen molar-refractivity contribution in [3.05, 3.63) is 45.4 Å². The van der Waals surface area contributed by atoms with Gasteiger partial charge in [-0.2, -0.15) is 0 Å². The van der Waals surface area contributed by atoms with Crippen LogP contribution in [0.4, 0.5) is 0 Å². The lowest BCUT2D eigenvalue weighted by Gasteiger charge is -2.39. The highest BCUT2D eigenvalue weighted by Gasteiger charge is 2.38. The van der Waals surface area contributed by atoms with E-state index < -0.39 is 42.0 Å². The van der Waals surface area contributed by atoms with Gasteiger partial charge < -0.3 is 36.0 Å². The normalized spacial score (nSPS) is 21.8. The number of carboxylic acids is 1. The molecule has 13 nitrogen and oxygen atoms in total. The highest BCUT2D eigenvalue weighted by atomic mass is 32.1. The van der Waals surface area contributed by atoms with Gasteiger partial charge in [-0.1, -0.05) is 46.6 Å². The number of carbonyl (C=O) groups is 4. The van der Waals surface area contributed by atoms with Crippen LogP contribution in [0.25, 0.3) is 0 Å². The van der Waals surface area contributed by atoms with Gasteiger partial charge in [0.05, 0.1) is 18.6 Å². The summed E-state index contributed by atoms with van der Waals surface area (Å²) in [7, 11) is 1.92. The van der Waals surface area contributed by atoms with Gasteiger partial charge in [0.25, 0.3) is 5.91 Å². The van der Waals surface area contributed by atoms with E-state index in [1.807, 2.05) is 39.6 Å². The van der Waals surface area contributed by atoms with Crippen molar-refractivity contribution in [3.63, 3.8) is 0 Å². The Labute approximate surface area is 298 Å². The van der Waals surface area contributed by atoms with Gasteiger partial charge in [-0.15, -0.1) is 11.3 Å². The van der Waals surface area contributed by atoms with Gasteiger partial charge in [0, 0.05) is 30.4 Å². The van der Waals surface area contributed by atoms with Gasteiger partial charge in [-0.05, 0) is 74.4 Å². The van der Waals surface area contributed by atoms with Gasteiger partial charge >= 0.3 is 5.97 Å². The number of nitrogens with zero attached hydrogens (tertiary/aromatic N) is 3. The van der Waals surface area contributed by atoms with Crippen LogP contribution in [-0.2, 0) is 20.8 Å². The average Bonchev–Trinajstić information content (AvgIpc) is 3.59. The maximum atomic E-state index is 14.2. The molecule has 1 aliphatic carbocycles. The fraction of sp³-hybridized carbons (Fsp3) is 0.639. The Morgan fingerprint density at radius 3 is 2.54 bits per heavy atom. The van der Waals surface area contributed by atoms with Crippen LogP contribution >= 0.6 is 11.3 Å². The van der Waals surface area contributed by atoms with E-state index in [4.69, 9.17) is 0 Å². The van der Waals surface area contributed by atoms with Crippen molar-refractivity contribution in [1.82, 2.24) is 25.4 Å². The van der Waals surface area contributed by atoms with E-state index in [0.717, 1.165) is 42.7 Å². The van der Waals surface area contributed by atoms with Crippen LogP contribution in [0, 0.1) is 11.8 Å². The number of hydrogen-bond donors (Lipinski definition) is 6. The maximum absolute atomic E-state index is 14.2. The molecule has 276 valence electrons. The van der Waals surface area contributed by atoms with Crippen molar-refractivity contribution in [2.75, 3.05) is 26.7 Å². The summed E-state index contributed by atoms with van der Waals surface area (Å²) >= 11 is 1.11. The number of aliphatic hydroxyl groups excluding tert-OH is 2. The second-order valence-electron chi connectivity index (χ2n) is 14.1. The molecule has 7 unspecified atom stereocenters. The SMILES string of the molecule is CCC(C)C(NC(=O)C1CCCCN1C)C(=O)N(CCO)C(CC(O)c1nc(C(=O)NC2Cc3ccc(O)cc3C(C(=O)O)C2)cs1)C(C)C. The van der Waals surface area contributed by atoms with Crippen LogP contribution in [0.5, 0.6) is 5.75 Å². The van der Waals surface area contributed by atoms with Crippen molar-refractivity contribution in [2.24, 2.45) is 11.8 Å². The first kappa shape index (κ1) is 39.2. The molecule has 2 heterocycles. The number of benzene rings is 1. The lowest BCUT2D eigenvalue weighted by molar-refractivity contribution is -0.143. The predicted octanol–water partition coefficient (Wildman–Crippen LogP) is 3.05. The number of likely N-dealkylation sites (tertiary alicyclic amines) is 1. The van der Waals surface area contributed by atoms with E-state index in [1.54, 1.807) is 11.0 Å². The number of hydrogen-bond acceptors (Lipinski definition) is 10. The Bertz CT molecular complexity index is 1500. The molecule has 1 aliphatic heterocycles. The summed E-state index contributed by atoms with van der Waals surface area (Å²) in [5.41, 5.74) is 1.36. The number of fused-ring (bicyclic) bond motifs is 1. The third kappa shape index (κ3) is 9.39. The summed E-state index contributed by atoms with van der Waals surface area (Å²) in [5, 5.41) is 48.8. The van der Waals surface area contributed by atoms with Crippen LogP contribution < -0.4 is 10.6 Å². The van der Waals surface area contributed by atoms with Crippen LogP contribution in [0.3, 0.4) is 0 Å². The molecule has 0 spiro atoms. The molecule has 0 bridgehead atoms. The number of aromatic hydroxyl groups is 1. The van der Waals surface area contributed by atoms with Crippen LogP contribution in [-0.4, -0.2) is 110 Å². The number of amides is 3. The first-order valence-corrected chi connectivity index (χ1v) is 18.5. The molecule has 2 aliphatic rings. The second-order valence-corrected chi connectivity index (χ2v) is 15.0. The number of phenols is 1. The highest BCUT2D eigenvalue weighted by Crippen LogP contribution is 2.35. The minimum Gasteiger partial charge on any atom is -0.508 e. The smallest absolute Gasteiger partial charge is 0.311 e. The number of aliphatic carboxylic acids is 1. The van der Waals surface area contributed by atoms with E-state index in [9.17, 15) is 39.6 Å². The molecule has 1 aromatic heterocycles. The fourth-order valence-corrected chi connectivity index (χ4v) is 7.95. The molecule has 3 amide bonds. The van der Waals surface area contributed by atoms with Crippen LogP contribution in [0.15, 0.2) is 23.6 Å².